The number of hydrogen-bond donors (Lipinski definition) is 3. The Morgan fingerprint density at radius 2 is 1.90 bits per heavy atom. The van der Waals surface area contributed by atoms with E-state index in [1.807, 2.05) is 37.3 Å². The maximum atomic E-state index is 13.2. The second-order valence-corrected chi connectivity index (χ2v) is 8.32. The fraction of sp³-hybridized carbons (Fsp3) is 0.350. The van der Waals surface area contributed by atoms with Crippen molar-refractivity contribution in [1.82, 2.24) is 15.4 Å². The Hall–Kier alpha value is -2.65. The third-order valence-corrected chi connectivity index (χ3v) is 5.24. The molecule has 29 heavy (non-hydrogen) atoms. The van der Waals surface area contributed by atoms with Crippen LogP contribution in [0.3, 0.4) is 0 Å². The molecule has 0 spiro atoms. The van der Waals surface area contributed by atoms with Gasteiger partial charge in [0.05, 0.1) is 12.3 Å². The van der Waals surface area contributed by atoms with Gasteiger partial charge in [0.15, 0.2) is 5.96 Å². The Morgan fingerprint density at radius 3 is 2.59 bits per heavy atom. The molecular weight excluding hydrogens is 395 g/mol. The highest BCUT2D eigenvalue weighted by atomic mass is 32.2. The Morgan fingerprint density at radius 1 is 1.14 bits per heavy atom. The van der Waals surface area contributed by atoms with E-state index in [0.717, 1.165) is 5.56 Å². The van der Waals surface area contributed by atoms with E-state index in [2.05, 4.69) is 20.3 Å². The van der Waals surface area contributed by atoms with E-state index in [0.29, 0.717) is 18.3 Å². The molecule has 0 amide bonds. The fourth-order valence-corrected chi connectivity index (χ4v) is 3.34. The van der Waals surface area contributed by atoms with Crippen molar-refractivity contribution in [3.63, 3.8) is 0 Å². The normalized spacial score (nSPS) is 13.0. The van der Waals surface area contributed by atoms with Gasteiger partial charge in [0, 0.05) is 26.2 Å². The third-order valence-electron chi connectivity index (χ3n) is 3.92. The molecule has 2 aromatic carbocycles. The molecule has 0 aliphatic rings. The summed E-state index contributed by atoms with van der Waals surface area (Å²) in [7, 11) is -1.82. The second kappa shape index (κ2) is 11.4. The van der Waals surface area contributed by atoms with Gasteiger partial charge in [-0.05, 0) is 24.6 Å². The Bertz CT molecular complexity index is 892. The fourth-order valence-electron chi connectivity index (χ4n) is 2.44. The summed E-state index contributed by atoms with van der Waals surface area (Å²) in [5.41, 5.74) is 0.897. The molecule has 2 aromatic rings. The molecule has 7 nitrogen and oxygen atoms in total. The number of hydrogen-bond acceptors (Lipinski definition) is 4. The van der Waals surface area contributed by atoms with Gasteiger partial charge in [-0.1, -0.05) is 36.4 Å². The number of rotatable bonds is 10. The van der Waals surface area contributed by atoms with Crippen molar-refractivity contribution in [2.45, 2.75) is 19.6 Å². The predicted octanol–water partition coefficient (Wildman–Crippen LogP) is 1.88. The molecule has 1 unspecified atom stereocenters. The van der Waals surface area contributed by atoms with Gasteiger partial charge >= 0.3 is 0 Å². The largest absolute Gasteiger partial charge is 0.489 e. The summed E-state index contributed by atoms with van der Waals surface area (Å²) in [6, 6.07) is 15.3. The molecule has 1 atom stereocenters. The van der Waals surface area contributed by atoms with Crippen LogP contribution in [0.4, 0.5) is 4.39 Å². The first-order valence-electron chi connectivity index (χ1n) is 9.26. The molecule has 158 valence electrons. The van der Waals surface area contributed by atoms with Crippen LogP contribution < -0.4 is 20.1 Å². The number of guanidine groups is 1. The molecule has 0 saturated heterocycles. The van der Waals surface area contributed by atoms with Crippen molar-refractivity contribution < 1.29 is 17.5 Å². The van der Waals surface area contributed by atoms with Gasteiger partial charge in [-0.2, -0.15) is 0 Å². The summed E-state index contributed by atoms with van der Waals surface area (Å²) in [6.45, 7) is 2.70. The highest BCUT2D eigenvalue weighted by Crippen LogP contribution is 2.13. The zero-order valence-electron chi connectivity index (χ0n) is 16.6. The number of nitrogens with one attached hydrogen (secondary N) is 3. The first-order chi connectivity index (χ1) is 13.9. The van der Waals surface area contributed by atoms with E-state index >= 15 is 0 Å². The second-order valence-electron chi connectivity index (χ2n) is 6.39. The first-order valence-corrected chi connectivity index (χ1v) is 10.9. The summed E-state index contributed by atoms with van der Waals surface area (Å²) >= 11 is 0. The molecule has 9 heteroatoms. The lowest BCUT2D eigenvalue weighted by molar-refractivity contribution is 0.223. The van der Waals surface area contributed by atoms with Crippen molar-refractivity contribution in [3.05, 3.63) is 66.0 Å². The van der Waals surface area contributed by atoms with Crippen LogP contribution in [0.15, 0.2) is 59.6 Å². The highest BCUT2D eigenvalue weighted by molar-refractivity contribution is 7.89. The molecule has 0 radical (unpaired) electrons. The molecule has 3 N–H and O–H groups in total. The van der Waals surface area contributed by atoms with Crippen LogP contribution in [-0.2, 0) is 16.6 Å². The monoisotopic (exact) mass is 422 g/mol. The van der Waals surface area contributed by atoms with Gasteiger partial charge in [-0.3, -0.25) is 4.99 Å². The molecule has 0 fully saturated rings. The Kier molecular flexibility index (Phi) is 8.88. The summed E-state index contributed by atoms with van der Waals surface area (Å²) in [4.78, 5) is 4.06. The van der Waals surface area contributed by atoms with Crippen molar-refractivity contribution >= 4 is 16.0 Å². The number of halogens is 1. The first kappa shape index (κ1) is 22.6. The van der Waals surface area contributed by atoms with Gasteiger partial charge in [-0.25, -0.2) is 17.5 Å². The number of sulfonamides is 1. The van der Waals surface area contributed by atoms with Crippen molar-refractivity contribution in [2.75, 3.05) is 25.9 Å². The molecule has 0 heterocycles. The van der Waals surface area contributed by atoms with Crippen LogP contribution >= 0.6 is 0 Å². The molecule has 0 aromatic heterocycles. The average molecular weight is 423 g/mol. The van der Waals surface area contributed by atoms with Crippen molar-refractivity contribution in [2.24, 2.45) is 4.99 Å². The summed E-state index contributed by atoms with van der Waals surface area (Å²) < 4.78 is 45.6. The number of ether oxygens (including phenoxy) is 1. The van der Waals surface area contributed by atoms with Crippen LogP contribution in [-0.4, -0.2) is 46.4 Å². The van der Waals surface area contributed by atoms with Gasteiger partial charge in [-0.15, -0.1) is 0 Å². The summed E-state index contributed by atoms with van der Waals surface area (Å²) in [5, 5.41) is 6.01. The lowest BCUT2D eigenvalue weighted by Crippen LogP contribution is -2.44. The zero-order chi connectivity index (χ0) is 21.1. The maximum Gasteiger partial charge on any atom is 0.213 e. The lowest BCUT2D eigenvalue weighted by Gasteiger charge is -2.18. The number of aliphatic imine (C=N–C) groups is 1. The van der Waals surface area contributed by atoms with Crippen LogP contribution in [0.25, 0.3) is 0 Å². The van der Waals surface area contributed by atoms with Crippen molar-refractivity contribution in [1.29, 1.82) is 0 Å². The average Bonchev–Trinajstić information content (AvgIpc) is 2.70. The van der Waals surface area contributed by atoms with Gasteiger partial charge < -0.3 is 15.4 Å². The SMILES string of the molecule is CN=C(NCCS(=O)(=O)NCc1ccccc1)NCC(C)Oc1cccc(F)c1. The van der Waals surface area contributed by atoms with Crippen LogP contribution in [0.2, 0.25) is 0 Å². The minimum Gasteiger partial charge on any atom is -0.489 e. The number of nitrogens with zero attached hydrogens (tertiary/aromatic N) is 1. The van der Waals surface area contributed by atoms with Gasteiger partial charge in [0.2, 0.25) is 10.0 Å². The molecule has 0 saturated carbocycles. The predicted molar refractivity (Wildman–Crippen MR) is 113 cm³/mol. The Labute approximate surface area is 171 Å². The van der Waals surface area contributed by atoms with E-state index < -0.39 is 10.0 Å². The van der Waals surface area contributed by atoms with E-state index in [-0.39, 0.29) is 30.8 Å². The molecule has 0 aliphatic heterocycles. The van der Waals surface area contributed by atoms with Gasteiger partial charge in [0.1, 0.15) is 17.7 Å². The topological polar surface area (TPSA) is 91.8 Å². The standard InChI is InChI=1S/C20H27FN4O3S/c1-16(28-19-10-6-9-18(21)13-19)14-24-20(22-2)23-11-12-29(26,27)25-15-17-7-4-3-5-8-17/h3-10,13,16,25H,11-12,14-15H2,1-2H3,(H2,22,23,24). The quantitative estimate of drug-likeness (QED) is 0.402. The number of benzene rings is 2. The van der Waals surface area contributed by atoms with Crippen molar-refractivity contribution in [3.8, 4) is 5.75 Å². The van der Waals surface area contributed by atoms with Crippen LogP contribution in [0, 0.1) is 5.82 Å². The van der Waals surface area contributed by atoms with Crippen LogP contribution in [0.1, 0.15) is 12.5 Å². The highest BCUT2D eigenvalue weighted by Gasteiger charge is 2.11. The summed E-state index contributed by atoms with van der Waals surface area (Å²) in [5.74, 6) is 0.452. The van der Waals surface area contributed by atoms with Crippen LogP contribution in [0.5, 0.6) is 5.75 Å². The maximum absolute atomic E-state index is 13.2. The molecule has 2 rings (SSSR count). The van der Waals surface area contributed by atoms with Gasteiger partial charge in [0.25, 0.3) is 0 Å². The lowest BCUT2D eigenvalue weighted by atomic mass is 10.2. The molecule has 0 aliphatic carbocycles. The summed E-state index contributed by atoms with van der Waals surface area (Å²) in [6.07, 6.45) is -0.244. The minimum absolute atomic E-state index is 0.0874. The molecule has 0 bridgehead atoms. The minimum atomic E-state index is -3.42. The van der Waals surface area contributed by atoms with E-state index in [9.17, 15) is 12.8 Å². The van der Waals surface area contributed by atoms with E-state index in [1.54, 1.807) is 19.2 Å². The third kappa shape index (κ3) is 8.93. The van der Waals surface area contributed by atoms with E-state index in [1.165, 1.54) is 12.1 Å². The molecular formula is C20H27FN4O3S. The smallest absolute Gasteiger partial charge is 0.213 e. The van der Waals surface area contributed by atoms with E-state index in [4.69, 9.17) is 4.74 Å². The zero-order valence-corrected chi connectivity index (χ0v) is 17.4. The Balaban J connectivity index is 1.70.